The van der Waals surface area contributed by atoms with Crippen LogP contribution in [-0.2, 0) is 17.1 Å². The highest BCUT2D eigenvalue weighted by Crippen LogP contribution is 2.29. The Hall–Kier alpha value is -1.74. The molecule has 2 aromatic rings. The molecule has 0 saturated heterocycles. The average molecular weight is 361 g/mol. The maximum absolute atomic E-state index is 12.3. The van der Waals surface area contributed by atoms with E-state index in [1.54, 1.807) is 25.2 Å². The Morgan fingerprint density at radius 2 is 2.15 bits per heavy atom. The van der Waals surface area contributed by atoms with Crippen LogP contribution in [0.1, 0.15) is 0 Å². The summed E-state index contributed by atoms with van der Waals surface area (Å²) in [7, 11) is -0.720. The lowest BCUT2D eigenvalue weighted by molar-refractivity contribution is 0.415. The zero-order chi connectivity index (χ0) is 14.9. The monoisotopic (exact) mass is 360 g/mol. The Bertz CT molecular complexity index is 742. The highest BCUT2D eigenvalue weighted by molar-refractivity contribution is 9.10. The third-order valence-electron chi connectivity index (χ3n) is 2.53. The first-order valence-corrected chi connectivity index (χ1v) is 7.76. The molecule has 20 heavy (non-hydrogen) atoms. The summed E-state index contributed by atoms with van der Waals surface area (Å²) >= 11 is 3.27. The molecule has 1 aromatic heterocycles. The van der Waals surface area contributed by atoms with Crippen LogP contribution < -0.4 is 15.2 Å². The summed E-state index contributed by atoms with van der Waals surface area (Å²) in [5.41, 5.74) is 5.94. The van der Waals surface area contributed by atoms with Crippen molar-refractivity contribution >= 4 is 37.5 Å². The molecule has 0 aliphatic carbocycles. The topological polar surface area (TPSA) is 99.2 Å². The Labute approximate surface area is 124 Å². The maximum Gasteiger partial charge on any atom is 0.267 e. The van der Waals surface area contributed by atoms with Gasteiger partial charge in [0.1, 0.15) is 10.6 Å². The minimum absolute atomic E-state index is 0.0565. The average Bonchev–Trinajstić information content (AvgIpc) is 2.72. The molecule has 0 aliphatic rings. The van der Waals surface area contributed by atoms with Gasteiger partial charge in [0.25, 0.3) is 10.0 Å². The molecule has 0 spiro atoms. The van der Waals surface area contributed by atoms with Crippen LogP contribution in [0, 0.1) is 0 Å². The van der Waals surface area contributed by atoms with Crippen molar-refractivity contribution in [2.45, 2.75) is 4.90 Å². The number of nitrogens with zero attached hydrogens (tertiary/aromatic N) is 2. The molecule has 1 heterocycles. The number of methoxy groups -OCH3 is 1. The quantitative estimate of drug-likeness (QED) is 0.861. The number of nitrogens with one attached hydrogen (secondary N) is 1. The van der Waals surface area contributed by atoms with E-state index in [2.05, 4.69) is 25.8 Å². The van der Waals surface area contributed by atoms with Gasteiger partial charge in [0.15, 0.2) is 5.82 Å². The van der Waals surface area contributed by atoms with Gasteiger partial charge in [-0.15, -0.1) is 0 Å². The lowest BCUT2D eigenvalue weighted by Crippen LogP contribution is -2.14. The molecule has 0 radical (unpaired) electrons. The molecule has 3 N–H and O–H groups in total. The van der Waals surface area contributed by atoms with Crippen molar-refractivity contribution in [1.82, 2.24) is 9.78 Å². The molecular formula is C11H13BrN4O3S. The Kier molecular flexibility index (Phi) is 3.91. The fraction of sp³-hybridized carbons (Fsp3) is 0.182. The summed E-state index contributed by atoms with van der Waals surface area (Å²) in [6.07, 6.45) is 1.34. The first kappa shape index (κ1) is 14.7. The second-order valence-electron chi connectivity index (χ2n) is 4.00. The van der Waals surface area contributed by atoms with E-state index >= 15 is 0 Å². The van der Waals surface area contributed by atoms with Crippen LogP contribution in [0.3, 0.4) is 0 Å². The van der Waals surface area contributed by atoms with Crippen LogP contribution in [-0.4, -0.2) is 25.3 Å². The van der Waals surface area contributed by atoms with Gasteiger partial charge in [-0.1, -0.05) is 0 Å². The third kappa shape index (κ3) is 2.88. The molecule has 7 nitrogen and oxygen atoms in total. The van der Waals surface area contributed by atoms with E-state index in [1.807, 2.05) is 0 Å². The second kappa shape index (κ2) is 5.33. The van der Waals surface area contributed by atoms with Crippen LogP contribution in [0.25, 0.3) is 0 Å². The van der Waals surface area contributed by atoms with E-state index in [-0.39, 0.29) is 10.7 Å². The fourth-order valence-electron chi connectivity index (χ4n) is 1.60. The number of aryl methyl sites for hydroxylation is 1. The molecule has 0 unspecified atom stereocenters. The molecule has 9 heteroatoms. The van der Waals surface area contributed by atoms with Gasteiger partial charge in [-0.05, 0) is 28.1 Å². The summed E-state index contributed by atoms with van der Waals surface area (Å²) in [5, 5.41) is 3.81. The van der Waals surface area contributed by atoms with Gasteiger partial charge in [-0.3, -0.25) is 9.40 Å². The number of ether oxygens (including phenoxy) is 1. The normalized spacial score (nSPS) is 11.3. The van der Waals surface area contributed by atoms with Gasteiger partial charge < -0.3 is 10.5 Å². The number of halogens is 1. The van der Waals surface area contributed by atoms with E-state index in [4.69, 9.17) is 10.5 Å². The molecule has 1 aromatic carbocycles. The van der Waals surface area contributed by atoms with Gasteiger partial charge in [-0.25, -0.2) is 8.42 Å². The first-order chi connectivity index (χ1) is 9.33. The Morgan fingerprint density at radius 1 is 1.45 bits per heavy atom. The molecule has 0 fully saturated rings. The summed E-state index contributed by atoms with van der Waals surface area (Å²) in [6.45, 7) is 0. The SMILES string of the molecule is COc1ccc(Br)c(NS(=O)(=O)c2cn(C)nc2N)c1. The molecule has 0 saturated carbocycles. The molecule has 0 amide bonds. The number of sulfonamides is 1. The van der Waals surface area contributed by atoms with E-state index < -0.39 is 10.0 Å². The zero-order valence-corrected chi connectivity index (χ0v) is 13.2. The number of hydrogen-bond donors (Lipinski definition) is 2. The van der Waals surface area contributed by atoms with Gasteiger partial charge in [0, 0.05) is 23.8 Å². The molecule has 0 bridgehead atoms. The van der Waals surface area contributed by atoms with Crippen molar-refractivity contribution in [3.05, 3.63) is 28.9 Å². The molecule has 0 aliphatic heterocycles. The second-order valence-corrected chi connectivity index (χ2v) is 6.51. The van der Waals surface area contributed by atoms with Crippen molar-refractivity contribution in [1.29, 1.82) is 0 Å². The lowest BCUT2D eigenvalue weighted by Gasteiger charge is -2.10. The maximum atomic E-state index is 12.3. The van der Waals surface area contributed by atoms with E-state index in [0.717, 1.165) is 0 Å². The number of aromatic nitrogens is 2. The lowest BCUT2D eigenvalue weighted by atomic mass is 10.3. The summed E-state index contributed by atoms with van der Waals surface area (Å²) in [5.74, 6) is 0.476. The van der Waals surface area contributed by atoms with Crippen molar-refractivity contribution in [3.8, 4) is 5.75 Å². The number of nitrogen functional groups attached to an aromatic ring is 1. The Balaban J connectivity index is 2.40. The summed E-state index contributed by atoms with van der Waals surface area (Å²) in [6, 6.07) is 4.96. The predicted octanol–water partition coefficient (Wildman–Crippen LogP) is 1.57. The van der Waals surface area contributed by atoms with Crippen LogP contribution in [0.2, 0.25) is 0 Å². The van der Waals surface area contributed by atoms with E-state index in [1.165, 1.54) is 18.0 Å². The van der Waals surface area contributed by atoms with Crippen LogP contribution in [0.4, 0.5) is 11.5 Å². The minimum atomic E-state index is -3.81. The largest absolute Gasteiger partial charge is 0.497 e. The summed E-state index contributed by atoms with van der Waals surface area (Å²) in [4.78, 5) is -0.0743. The zero-order valence-electron chi connectivity index (χ0n) is 10.8. The van der Waals surface area contributed by atoms with Crippen molar-refractivity contribution < 1.29 is 13.2 Å². The van der Waals surface area contributed by atoms with E-state index in [9.17, 15) is 8.42 Å². The third-order valence-corrected chi connectivity index (χ3v) is 4.60. The highest BCUT2D eigenvalue weighted by Gasteiger charge is 2.21. The van der Waals surface area contributed by atoms with Crippen LogP contribution >= 0.6 is 15.9 Å². The predicted molar refractivity (Wildman–Crippen MR) is 79.1 cm³/mol. The van der Waals surface area contributed by atoms with E-state index in [0.29, 0.717) is 15.9 Å². The molecule has 0 atom stereocenters. The number of anilines is 2. The van der Waals surface area contributed by atoms with Gasteiger partial charge in [0.2, 0.25) is 0 Å². The van der Waals surface area contributed by atoms with Gasteiger partial charge in [0.05, 0.1) is 12.8 Å². The standard InChI is InChI=1S/C11H13BrN4O3S/c1-16-6-10(11(13)14-16)20(17,18)15-9-5-7(19-2)3-4-8(9)12/h3-6,15H,1-2H3,(H2,13,14). The molecular weight excluding hydrogens is 348 g/mol. The number of benzene rings is 1. The molecule has 108 valence electrons. The van der Waals surface area contributed by atoms with Crippen LogP contribution in [0.15, 0.2) is 33.8 Å². The number of rotatable bonds is 4. The van der Waals surface area contributed by atoms with Gasteiger partial charge >= 0.3 is 0 Å². The summed E-state index contributed by atoms with van der Waals surface area (Å²) < 4.78 is 34.0. The van der Waals surface area contributed by atoms with Crippen LogP contribution in [0.5, 0.6) is 5.75 Å². The smallest absolute Gasteiger partial charge is 0.267 e. The van der Waals surface area contributed by atoms with Gasteiger partial charge in [-0.2, -0.15) is 5.10 Å². The fourth-order valence-corrected chi connectivity index (χ4v) is 3.25. The molecule has 2 rings (SSSR count). The highest BCUT2D eigenvalue weighted by atomic mass is 79.9. The minimum Gasteiger partial charge on any atom is -0.497 e. The first-order valence-electron chi connectivity index (χ1n) is 5.49. The van der Waals surface area contributed by atoms with Crippen molar-refractivity contribution in [3.63, 3.8) is 0 Å². The van der Waals surface area contributed by atoms with Crippen molar-refractivity contribution in [2.75, 3.05) is 17.6 Å². The number of hydrogen-bond acceptors (Lipinski definition) is 5. The van der Waals surface area contributed by atoms with Crippen molar-refractivity contribution in [2.24, 2.45) is 7.05 Å². The number of nitrogens with two attached hydrogens (primary N) is 1. The Morgan fingerprint density at radius 3 is 2.70 bits per heavy atom.